The molecule has 21 heavy (non-hydrogen) atoms. The number of hydrogen-bond acceptors (Lipinski definition) is 4. The van der Waals surface area contributed by atoms with Gasteiger partial charge in [0.25, 0.3) is 0 Å². The predicted molar refractivity (Wildman–Crippen MR) is 83.5 cm³/mol. The van der Waals surface area contributed by atoms with Gasteiger partial charge in [-0.1, -0.05) is 35.5 Å². The molecule has 0 unspecified atom stereocenters. The molecular weight excluding hydrogens is 290 g/mol. The van der Waals surface area contributed by atoms with Crippen molar-refractivity contribution in [2.75, 3.05) is 25.0 Å². The minimum absolute atomic E-state index is 0. The average Bonchev–Trinajstić information content (AvgIpc) is 3.11. The zero-order valence-corrected chi connectivity index (χ0v) is 12.4. The van der Waals surface area contributed by atoms with Crippen LogP contribution in [0.2, 0.25) is 0 Å². The van der Waals surface area contributed by atoms with E-state index in [4.69, 9.17) is 4.52 Å². The maximum atomic E-state index is 11.9. The highest BCUT2D eigenvalue weighted by Gasteiger charge is 2.16. The second-order valence-corrected chi connectivity index (χ2v) is 4.97. The van der Waals surface area contributed by atoms with Gasteiger partial charge >= 0.3 is 0 Å². The van der Waals surface area contributed by atoms with Crippen molar-refractivity contribution >= 4 is 24.2 Å². The van der Waals surface area contributed by atoms with E-state index in [0.29, 0.717) is 12.4 Å². The van der Waals surface area contributed by atoms with Crippen LogP contribution in [0.5, 0.6) is 0 Å². The molecule has 1 N–H and O–H groups in total. The summed E-state index contributed by atoms with van der Waals surface area (Å²) in [6.45, 7) is 2.42. The first-order chi connectivity index (χ1) is 9.81. The van der Waals surface area contributed by atoms with Crippen LogP contribution in [0.3, 0.4) is 0 Å². The largest absolute Gasteiger partial charge is 0.338 e. The monoisotopic (exact) mass is 307 g/mol. The van der Waals surface area contributed by atoms with Crippen LogP contribution in [0.25, 0.3) is 11.3 Å². The zero-order valence-electron chi connectivity index (χ0n) is 11.6. The van der Waals surface area contributed by atoms with Crippen molar-refractivity contribution in [2.45, 2.75) is 12.8 Å². The molecule has 1 amide bonds. The van der Waals surface area contributed by atoms with Gasteiger partial charge in [-0.15, -0.1) is 12.4 Å². The Balaban J connectivity index is 0.00000161. The van der Waals surface area contributed by atoms with E-state index >= 15 is 0 Å². The number of halogens is 1. The molecule has 2 aromatic rings. The van der Waals surface area contributed by atoms with Gasteiger partial charge in [-0.05, 0) is 25.9 Å². The van der Waals surface area contributed by atoms with E-state index < -0.39 is 0 Å². The lowest BCUT2D eigenvalue weighted by atomic mass is 10.2. The highest BCUT2D eigenvalue weighted by Crippen LogP contribution is 2.21. The summed E-state index contributed by atoms with van der Waals surface area (Å²) in [5.41, 5.74) is 1.69. The third kappa shape index (κ3) is 4.06. The molecule has 0 aliphatic carbocycles. The second-order valence-electron chi connectivity index (χ2n) is 4.97. The van der Waals surface area contributed by atoms with Crippen LogP contribution in [0.15, 0.2) is 40.9 Å². The van der Waals surface area contributed by atoms with Gasteiger partial charge in [-0.25, -0.2) is 0 Å². The first kappa shape index (κ1) is 15.5. The Bertz CT molecular complexity index is 580. The highest BCUT2D eigenvalue weighted by atomic mass is 35.5. The Morgan fingerprint density at radius 2 is 1.95 bits per heavy atom. The molecule has 1 aliphatic rings. The molecule has 0 atom stereocenters. The molecule has 1 saturated heterocycles. The SMILES string of the molecule is Cl.O=C(CN1CCCC1)Nc1cc(-c2ccccc2)no1. The van der Waals surface area contributed by atoms with Crippen molar-refractivity contribution < 1.29 is 9.32 Å². The number of carbonyl (C=O) groups excluding carboxylic acids is 1. The molecule has 6 heteroatoms. The fourth-order valence-electron chi connectivity index (χ4n) is 2.40. The first-order valence-electron chi connectivity index (χ1n) is 6.85. The summed E-state index contributed by atoms with van der Waals surface area (Å²) in [6.07, 6.45) is 2.35. The lowest BCUT2D eigenvalue weighted by molar-refractivity contribution is -0.117. The number of anilines is 1. The minimum Gasteiger partial charge on any atom is -0.338 e. The van der Waals surface area contributed by atoms with Crippen molar-refractivity contribution in [3.05, 3.63) is 36.4 Å². The van der Waals surface area contributed by atoms with Crippen molar-refractivity contribution in [1.82, 2.24) is 10.1 Å². The molecule has 1 aromatic heterocycles. The number of benzene rings is 1. The van der Waals surface area contributed by atoms with Gasteiger partial charge in [-0.2, -0.15) is 0 Å². The average molecular weight is 308 g/mol. The van der Waals surface area contributed by atoms with Crippen LogP contribution >= 0.6 is 12.4 Å². The summed E-state index contributed by atoms with van der Waals surface area (Å²) in [5.74, 6) is 0.343. The molecule has 0 saturated carbocycles. The van der Waals surface area contributed by atoms with E-state index in [0.717, 1.165) is 24.3 Å². The highest BCUT2D eigenvalue weighted by molar-refractivity contribution is 5.91. The Morgan fingerprint density at radius 1 is 1.24 bits per heavy atom. The van der Waals surface area contributed by atoms with Crippen LogP contribution in [0.4, 0.5) is 5.88 Å². The number of rotatable bonds is 4. The third-order valence-electron chi connectivity index (χ3n) is 3.41. The molecule has 0 radical (unpaired) electrons. The number of nitrogens with zero attached hydrogens (tertiary/aromatic N) is 2. The fraction of sp³-hybridized carbons (Fsp3) is 0.333. The van der Waals surface area contributed by atoms with Gasteiger partial charge in [0.2, 0.25) is 11.8 Å². The van der Waals surface area contributed by atoms with Crippen LogP contribution in [0, 0.1) is 0 Å². The van der Waals surface area contributed by atoms with E-state index in [1.54, 1.807) is 6.07 Å². The van der Waals surface area contributed by atoms with Crippen molar-refractivity contribution in [3.63, 3.8) is 0 Å². The summed E-state index contributed by atoms with van der Waals surface area (Å²) in [7, 11) is 0. The van der Waals surface area contributed by atoms with Crippen molar-refractivity contribution in [1.29, 1.82) is 0 Å². The van der Waals surface area contributed by atoms with E-state index in [2.05, 4.69) is 15.4 Å². The van der Waals surface area contributed by atoms with E-state index in [1.807, 2.05) is 30.3 Å². The Labute approximate surface area is 129 Å². The van der Waals surface area contributed by atoms with Gasteiger partial charge in [0.15, 0.2) is 0 Å². The van der Waals surface area contributed by atoms with Crippen molar-refractivity contribution in [3.8, 4) is 11.3 Å². The van der Waals surface area contributed by atoms with E-state index in [9.17, 15) is 4.79 Å². The van der Waals surface area contributed by atoms with Gasteiger partial charge in [0, 0.05) is 11.6 Å². The maximum Gasteiger partial charge on any atom is 0.240 e. The normalized spacial score (nSPS) is 14.7. The summed E-state index contributed by atoms with van der Waals surface area (Å²) >= 11 is 0. The predicted octanol–water partition coefficient (Wildman–Crippen LogP) is 2.80. The first-order valence-corrected chi connectivity index (χ1v) is 6.85. The van der Waals surface area contributed by atoms with Gasteiger partial charge in [-0.3, -0.25) is 15.0 Å². The van der Waals surface area contributed by atoms with Crippen LogP contribution in [-0.2, 0) is 4.79 Å². The number of amides is 1. The quantitative estimate of drug-likeness (QED) is 0.943. The zero-order chi connectivity index (χ0) is 13.8. The number of likely N-dealkylation sites (tertiary alicyclic amines) is 1. The standard InChI is InChI=1S/C15H17N3O2.ClH/c19-14(11-18-8-4-5-9-18)16-15-10-13(17-20-15)12-6-2-1-3-7-12;/h1-3,6-7,10H,4-5,8-9,11H2,(H,16,19);1H. The van der Waals surface area contributed by atoms with Gasteiger partial charge < -0.3 is 4.52 Å². The lowest BCUT2D eigenvalue weighted by Crippen LogP contribution is -2.30. The summed E-state index contributed by atoms with van der Waals surface area (Å²) in [5, 5.41) is 6.72. The maximum absolute atomic E-state index is 11.9. The molecule has 1 aliphatic heterocycles. The molecule has 5 nitrogen and oxygen atoms in total. The number of nitrogens with one attached hydrogen (secondary N) is 1. The smallest absolute Gasteiger partial charge is 0.240 e. The van der Waals surface area contributed by atoms with Crippen LogP contribution in [0.1, 0.15) is 12.8 Å². The molecule has 3 rings (SSSR count). The lowest BCUT2D eigenvalue weighted by Gasteiger charge is -2.12. The topological polar surface area (TPSA) is 58.4 Å². The molecule has 0 spiro atoms. The Hall–Kier alpha value is -1.85. The molecule has 1 aromatic carbocycles. The second kappa shape index (κ2) is 7.24. The summed E-state index contributed by atoms with van der Waals surface area (Å²) < 4.78 is 5.15. The summed E-state index contributed by atoms with van der Waals surface area (Å²) in [4.78, 5) is 14.0. The number of hydrogen-bond donors (Lipinski definition) is 1. The van der Waals surface area contributed by atoms with Crippen LogP contribution in [-0.4, -0.2) is 35.6 Å². The fourth-order valence-corrected chi connectivity index (χ4v) is 2.40. The minimum atomic E-state index is -0.0531. The van der Waals surface area contributed by atoms with Crippen molar-refractivity contribution in [2.24, 2.45) is 0 Å². The third-order valence-corrected chi connectivity index (χ3v) is 3.41. The van der Waals surface area contributed by atoms with E-state index in [1.165, 1.54) is 12.8 Å². The van der Waals surface area contributed by atoms with E-state index in [-0.39, 0.29) is 18.3 Å². The summed E-state index contributed by atoms with van der Waals surface area (Å²) in [6, 6.07) is 11.5. The van der Waals surface area contributed by atoms with Gasteiger partial charge in [0.1, 0.15) is 5.69 Å². The molecule has 0 bridgehead atoms. The Kier molecular flexibility index (Phi) is 5.36. The van der Waals surface area contributed by atoms with Crippen LogP contribution < -0.4 is 5.32 Å². The molecule has 112 valence electrons. The molecular formula is C15H18ClN3O2. The van der Waals surface area contributed by atoms with Gasteiger partial charge in [0.05, 0.1) is 6.54 Å². The molecule has 2 heterocycles. The molecule has 1 fully saturated rings. The number of carbonyl (C=O) groups is 1. The Morgan fingerprint density at radius 3 is 2.67 bits per heavy atom. The number of aromatic nitrogens is 1.